The summed E-state index contributed by atoms with van der Waals surface area (Å²) in [5.41, 5.74) is 5.04. The highest BCUT2D eigenvalue weighted by Gasteiger charge is 2.47. The first-order chi connectivity index (χ1) is 16.2. The van der Waals surface area contributed by atoms with Crippen LogP contribution in [0.15, 0.2) is 73.1 Å². The summed E-state index contributed by atoms with van der Waals surface area (Å²) in [7, 11) is 0. The van der Waals surface area contributed by atoms with E-state index in [2.05, 4.69) is 46.7 Å². The van der Waals surface area contributed by atoms with Gasteiger partial charge in [-0.05, 0) is 85.2 Å². The van der Waals surface area contributed by atoms with Crippen molar-refractivity contribution in [3.63, 3.8) is 0 Å². The Morgan fingerprint density at radius 1 is 0.912 bits per heavy atom. The number of pyridine rings is 1. The Morgan fingerprint density at radius 2 is 1.65 bits per heavy atom. The van der Waals surface area contributed by atoms with Gasteiger partial charge in [-0.3, -0.25) is 4.98 Å². The normalized spacial score (nSPS) is 21.3. The highest BCUT2D eigenvalue weighted by molar-refractivity contribution is 5.85. The molecule has 1 aliphatic carbocycles. The second-order valence-electron chi connectivity index (χ2n) is 9.77. The van der Waals surface area contributed by atoms with Crippen LogP contribution in [0.1, 0.15) is 56.1 Å². The van der Waals surface area contributed by atoms with Crippen LogP contribution < -0.4 is 5.32 Å². The van der Waals surface area contributed by atoms with Crippen LogP contribution in [0.2, 0.25) is 0 Å². The van der Waals surface area contributed by atoms with Crippen LogP contribution in [0.4, 0.5) is 4.39 Å². The number of rotatable bonds is 7. The van der Waals surface area contributed by atoms with E-state index in [9.17, 15) is 4.39 Å². The number of hydrogen-bond acceptors (Lipinski definition) is 3. The second-order valence-corrected chi connectivity index (χ2v) is 9.77. The Balaban J connectivity index is 0.00000274. The van der Waals surface area contributed by atoms with Gasteiger partial charge in [0, 0.05) is 31.0 Å². The second kappa shape index (κ2) is 11.0. The summed E-state index contributed by atoms with van der Waals surface area (Å²) in [6.45, 7) is 2.53. The average molecular weight is 481 g/mol. The van der Waals surface area contributed by atoms with Gasteiger partial charge in [0.1, 0.15) is 5.82 Å². The van der Waals surface area contributed by atoms with E-state index in [1.165, 1.54) is 35.1 Å². The molecule has 1 saturated heterocycles. The lowest BCUT2D eigenvalue weighted by atomic mass is 9.66. The van der Waals surface area contributed by atoms with E-state index in [0.29, 0.717) is 0 Å². The highest BCUT2D eigenvalue weighted by Crippen LogP contribution is 2.50. The Morgan fingerprint density at radius 3 is 2.41 bits per heavy atom. The Kier molecular flexibility index (Phi) is 8.02. The van der Waals surface area contributed by atoms with Gasteiger partial charge in [0.25, 0.3) is 0 Å². The summed E-state index contributed by atoms with van der Waals surface area (Å²) in [5, 5.41) is 3.71. The van der Waals surface area contributed by atoms with E-state index in [1.807, 2.05) is 24.5 Å². The zero-order valence-electron chi connectivity index (χ0n) is 19.6. The third kappa shape index (κ3) is 5.35. The zero-order chi connectivity index (χ0) is 22.6. The molecule has 1 N–H and O–H groups in total. The lowest BCUT2D eigenvalue weighted by Crippen LogP contribution is -2.47. The molecule has 2 aromatic carbocycles. The van der Waals surface area contributed by atoms with Crippen LogP contribution in [0, 0.1) is 5.82 Å². The molecule has 34 heavy (non-hydrogen) atoms. The van der Waals surface area contributed by atoms with Crippen LogP contribution in [-0.2, 0) is 16.7 Å². The van der Waals surface area contributed by atoms with Gasteiger partial charge in [-0.1, -0.05) is 49.2 Å². The Hall–Kier alpha value is -2.27. The molecule has 1 aromatic heterocycles. The molecule has 180 valence electrons. The SMILES string of the molecule is Cl.Fc1ccc([C@]2(CCNCc3ccccc3-c3ccncc3)CCOC3(CCCC3)C2)cc1. The van der Waals surface area contributed by atoms with Crippen LogP contribution in [0.3, 0.4) is 0 Å². The molecule has 1 spiro atoms. The first-order valence-electron chi connectivity index (χ1n) is 12.3. The maximum atomic E-state index is 13.7. The monoisotopic (exact) mass is 480 g/mol. The van der Waals surface area contributed by atoms with Crippen molar-refractivity contribution in [3.05, 3.63) is 90.0 Å². The lowest BCUT2D eigenvalue weighted by Gasteiger charge is -2.47. The molecule has 1 saturated carbocycles. The van der Waals surface area contributed by atoms with Gasteiger partial charge in [-0.15, -0.1) is 12.4 Å². The lowest BCUT2D eigenvalue weighted by molar-refractivity contribution is -0.103. The van der Waals surface area contributed by atoms with Crippen molar-refractivity contribution < 1.29 is 9.13 Å². The van der Waals surface area contributed by atoms with E-state index < -0.39 is 0 Å². The highest BCUT2D eigenvalue weighted by atomic mass is 35.5. The van der Waals surface area contributed by atoms with Crippen molar-refractivity contribution in [1.29, 1.82) is 0 Å². The van der Waals surface area contributed by atoms with Gasteiger partial charge in [-0.2, -0.15) is 0 Å². The zero-order valence-corrected chi connectivity index (χ0v) is 20.5. The smallest absolute Gasteiger partial charge is 0.123 e. The fourth-order valence-electron chi connectivity index (χ4n) is 6.01. The van der Waals surface area contributed by atoms with E-state index in [1.54, 1.807) is 12.1 Å². The fraction of sp³-hybridized carbons (Fsp3) is 0.414. The van der Waals surface area contributed by atoms with Crippen molar-refractivity contribution in [2.75, 3.05) is 13.2 Å². The van der Waals surface area contributed by atoms with Gasteiger partial charge in [-0.25, -0.2) is 4.39 Å². The van der Waals surface area contributed by atoms with Gasteiger partial charge in [0.05, 0.1) is 5.60 Å². The molecule has 0 amide bonds. The molecule has 0 bridgehead atoms. The molecule has 2 fully saturated rings. The minimum absolute atomic E-state index is 0. The number of nitrogens with one attached hydrogen (secondary N) is 1. The van der Waals surface area contributed by atoms with Crippen molar-refractivity contribution >= 4 is 12.4 Å². The van der Waals surface area contributed by atoms with Gasteiger partial charge < -0.3 is 10.1 Å². The summed E-state index contributed by atoms with van der Waals surface area (Å²) in [6.07, 6.45) is 11.6. The molecule has 3 nitrogen and oxygen atoms in total. The number of hydrogen-bond donors (Lipinski definition) is 1. The molecule has 5 rings (SSSR count). The third-order valence-corrected chi connectivity index (χ3v) is 7.73. The molecular weight excluding hydrogens is 447 g/mol. The molecule has 1 aliphatic heterocycles. The Bertz CT molecular complexity index is 1050. The van der Waals surface area contributed by atoms with Crippen LogP contribution >= 0.6 is 12.4 Å². The van der Waals surface area contributed by atoms with Crippen LogP contribution in [0.25, 0.3) is 11.1 Å². The minimum atomic E-state index is -0.164. The molecule has 1 atom stereocenters. The number of benzene rings is 2. The van der Waals surface area contributed by atoms with Crippen molar-refractivity contribution in [2.45, 2.75) is 62.5 Å². The van der Waals surface area contributed by atoms with Gasteiger partial charge in [0.15, 0.2) is 0 Å². The molecule has 2 aliphatic rings. The number of nitrogens with zero attached hydrogens (tertiary/aromatic N) is 1. The molecule has 5 heteroatoms. The topological polar surface area (TPSA) is 34.2 Å². The maximum absolute atomic E-state index is 13.7. The van der Waals surface area contributed by atoms with Gasteiger partial charge >= 0.3 is 0 Å². The average Bonchev–Trinajstić information content (AvgIpc) is 3.30. The number of ether oxygens (including phenoxy) is 1. The van der Waals surface area contributed by atoms with E-state index >= 15 is 0 Å². The first kappa shape index (κ1) is 24.8. The van der Waals surface area contributed by atoms with Crippen LogP contribution in [0.5, 0.6) is 0 Å². The first-order valence-corrected chi connectivity index (χ1v) is 12.3. The third-order valence-electron chi connectivity index (χ3n) is 7.73. The molecular formula is C29H34ClFN2O. The predicted molar refractivity (Wildman–Crippen MR) is 138 cm³/mol. The summed E-state index contributed by atoms with van der Waals surface area (Å²) < 4.78 is 20.1. The summed E-state index contributed by atoms with van der Waals surface area (Å²) in [6, 6.07) is 19.9. The van der Waals surface area contributed by atoms with E-state index in [4.69, 9.17) is 4.74 Å². The summed E-state index contributed by atoms with van der Waals surface area (Å²) in [5.74, 6) is -0.164. The van der Waals surface area contributed by atoms with Crippen molar-refractivity contribution in [2.24, 2.45) is 0 Å². The van der Waals surface area contributed by atoms with Crippen molar-refractivity contribution in [1.82, 2.24) is 10.3 Å². The summed E-state index contributed by atoms with van der Waals surface area (Å²) >= 11 is 0. The molecule has 2 heterocycles. The van der Waals surface area contributed by atoms with Crippen LogP contribution in [-0.4, -0.2) is 23.7 Å². The predicted octanol–water partition coefficient (Wildman–Crippen LogP) is 6.85. The largest absolute Gasteiger partial charge is 0.375 e. The fourth-order valence-corrected chi connectivity index (χ4v) is 6.01. The molecule has 0 unspecified atom stereocenters. The number of aromatic nitrogens is 1. The molecule has 0 radical (unpaired) electrons. The standard InChI is InChI=1S/C29H33FN2O.ClH/c30-26-9-7-25(8-10-26)28(16-20-33-29(22-28)13-3-4-14-29)15-19-32-21-24-5-1-2-6-27(24)23-11-17-31-18-12-23;/h1-2,5-12,17-18,32H,3-4,13-16,19-22H2;1H/t28-;/m1./s1. The van der Waals surface area contributed by atoms with Crippen molar-refractivity contribution in [3.8, 4) is 11.1 Å². The van der Waals surface area contributed by atoms with E-state index in [0.717, 1.165) is 51.8 Å². The maximum Gasteiger partial charge on any atom is 0.123 e. The minimum Gasteiger partial charge on any atom is -0.375 e. The van der Waals surface area contributed by atoms with Gasteiger partial charge in [0.2, 0.25) is 0 Å². The Labute approximate surface area is 208 Å². The van der Waals surface area contributed by atoms with E-state index in [-0.39, 0.29) is 29.2 Å². The quantitative estimate of drug-likeness (QED) is 0.375. The molecule has 3 aromatic rings. The number of halogens is 2. The summed E-state index contributed by atoms with van der Waals surface area (Å²) in [4.78, 5) is 4.15.